The van der Waals surface area contributed by atoms with Crippen molar-refractivity contribution in [1.82, 2.24) is 4.90 Å². The highest BCUT2D eigenvalue weighted by Gasteiger charge is 2.34. The van der Waals surface area contributed by atoms with Gasteiger partial charge in [-0.25, -0.2) is 0 Å². The summed E-state index contributed by atoms with van der Waals surface area (Å²) < 4.78 is 1.09. The van der Waals surface area contributed by atoms with E-state index < -0.39 is 0 Å². The maximum absolute atomic E-state index is 12.1. The lowest BCUT2D eigenvalue weighted by Gasteiger charge is -2.06. The van der Waals surface area contributed by atoms with Crippen LogP contribution in [0.5, 0.6) is 0 Å². The minimum atomic E-state index is -0.330. The van der Waals surface area contributed by atoms with Gasteiger partial charge >= 0.3 is 0 Å². The normalized spacial score (nSPS) is 16.0. The summed E-state index contributed by atoms with van der Waals surface area (Å²) in [5.74, 6) is 1.99. The molecular weight excluding hydrogens is 382 g/mol. The Morgan fingerprint density at radius 1 is 1.21 bits per heavy atom. The van der Waals surface area contributed by atoms with Gasteiger partial charge in [-0.2, -0.15) is 0 Å². The monoisotopic (exact) mass is 391 g/mol. The zero-order valence-corrected chi connectivity index (χ0v) is 15.4. The number of thiophene rings is 1. The van der Waals surface area contributed by atoms with Crippen molar-refractivity contribution in [1.29, 1.82) is 0 Å². The Kier molecular flexibility index (Phi) is 5.36. The Bertz CT molecular complexity index is 865. The highest BCUT2D eigenvalue weighted by atomic mass is 35.5. The number of hydrogen-bond acceptors (Lipinski definition) is 5. The molecule has 7 heteroatoms. The summed E-state index contributed by atoms with van der Waals surface area (Å²) in [4.78, 5) is 27.4. The number of imide groups is 1. The van der Waals surface area contributed by atoms with E-state index in [1.54, 1.807) is 29.2 Å². The zero-order valence-electron chi connectivity index (χ0n) is 12.2. The SMILES string of the molecule is C#CCN1C(=O)SC(=Cc2ccc(Sc3ccc(Cl)cc3)s2)C1=O. The van der Waals surface area contributed by atoms with E-state index in [2.05, 4.69) is 5.92 Å². The summed E-state index contributed by atoms with van der Waals surface area (Å²) in [5.41, 5.74) is 0. The van der Waals surface area contributed by atoms with Crippen molar-refractivity contribution in [3.63, 3.8) is 0 Å². The van der Waals surface area contributed by atoms with Crippen LogP contribution in [0.2, 0.25) is 5.02 Å². The molecule has 120 valence electrons. The quantitative estimate of drug-likeness (QED) is 0.528. The minimum absolute atomic E-state index is 0.00408. The standard InChI is InChI=1S/C17H10ClNO2S3/c1-2-9-19-16(20)14(24-17(19)21)10-13-7-8-15(23-13)22-12-5-3-11(18)4-6-12/h1,3-8,10H,9H2. The first-order valence-electron chi connectivity index (χ1n) is 6.79. The van der Waals surface area contributed by atoms with Crippen LogP contribution in [-0.2, 0) is 4.79 Å². The van der Waals surface area contributed by atoms with Crippen LogP contribution in [0.25, 0.3) is 6.08 Å². The van der Waals surface area contributed by atoms with Crippen LogP contribution >= 0.6 is 46.5 Å². The Morgan fingerprint density at radius 2 is 1.96 bits per heavy atom. The van der Waals surface area contributed by atoms with Gasteiger partial charge in [0.1, 0.15) is 0 Å². The highest BCUT2D eigenvalue weighted by molar-refractivity contribution is 8.18. The highest BCUT2D eigenvalue weighted by Crippen LogP contribution is 2.37. The van der Waals surface area contributed by atoms with E-state index in [9.17, 15) is 9.59 Å². The molecule has 0 atom stereocenters. The van der Waals surface area contributed by atoms with E-state index >= 15 is 0 Å². The van der Waals surface area contributed by atoms with Crippen LogP contribution in [0.3, 0.4) is 0 Å². The third kappa shape index (κ3) is 3.87. The molecule has 1 saturated heterocycles. The minimum Gasteiger partial charge on any atom is -0.268 e. The van der Waals surface area contributed by atoms with Crippen molar-refractivity contribution < 1.29 is 9.59 Å². The number of amides is 2. The lowest BCUT2D eigenvalue weighted by atomic mass is 10.4. The van der Waals surface area contributed by atoms with E-state index in [-0.39, 0.29) is 17.7 Å². The van der Waals surface area contributed by atoms with Crippen molar-refractivity contribution >= 4 is 63.7 Å². The fraction of sp³-hybridized carbons (Fsp3) is 0.0588. The van der Waals surface area contributed by atoms with E-state index in [1.165, 1.54) is 0 Å². The van der Waals surface area contributed by atoms with Gasteiger partial charge in [0.15, 0.2) is 0 Å². The molecule has 1 aromatic carbocycles. The van der Waals surface area contributed by atoms with Crippen molar-refractivity contribution in [3.8, 4) is 12.3 Å². The number of thioether (sulfide) groups is 1. The lowest BCUT2D eigenvalue weighted by molar-refractivity contribution is -0.122. The van der Waals surface area contributed by atoms with Gasteiger partial charge < -0.3 is 0 Å². The summed E-state index contributed by atoms with van der Waals surface area (Å²) in [6.07, 6.45) is 6.92. The van der Waals surface area contributed by atoms with Gasteiger partial charge in [0, 0.05) is 14.8 Å². The van der Waals surface area contributed by atoms with Crippen LogP contribution in [0, 0.1) is 12.3 Å². The first kappa shape index (κ1) is 17.2. The van der Waals surface area contributed by atoms with E-state index in [1.807, 2.05) is 36.4 Å². The Balaban J connectivity index is 1.74. The molecule has 0 bridgehead atoms. The van der Waals surface area contributed by atoms with Crippen LogP contribution in [0.15, 0.2) is 50.4 Å². The molecule has 1 fully saturated rings. The molecule has 3 rings (SSSR count). The van der Waals surface area contributed by atoms with Crippen LogP contribution < -0.4 is 0 Å². The van der Waals surface area contributed by atoms with Gasteiger partial charge in [-0.15, -0.1) is 17.8 Å². The smallest absolute Gasteiger partial charge is 0.268 e. The number of nitrogens with zero attached hydrogens (tertiary/aromatic N) is 1. The molecule has 0 saturated carbocycles. The molecule has 0 radical (unpaired) electrons. The summed E-state index contributed by atoms with van der Waals surface area (Å²) in [6.45, 7) is 0.00408. The summed E-state index contributed by atoms with van der Waals surface area (Å²) in [6, 6.07) is 11.5. The number of hydrogen-bond donors (Lipinski definition) is 0. The topological polar surface area (TPSA) is 37.4 Å². The van der Waals surface area contributed by atoms with Gasteiger partial charge in [-0.1, -0.05) is 29.3 Å². The van der Waals surface area contributed by atoms with E-state index in [4.69, 9.17) is 18.0 Å². The predicted octanol–water partition coefficient (Wildman–Crippen LogP) is 5.22. The van der Waals surface area contributed by atoms with Gasteiger partial charge in [0.05, 0.1) is 15.7 Å². The van der Waals surface area contributed by atoms with Crippen molar-refractivity contribution in [2.24, 2.45) is 0 Å². The first-order chi connectivity index (χ1) is 11.6. The maximum atomic E-state index is 12.1. The third-order valence-electron chi connectivity index (χ3n) is 3.03. The van der Waals surface area contributed by atoms with E-state index in [0.717, 1.165) is 30.6 Å². The molecule has 1 aliphatic rings. The molecule has 2 amide bonds. The average molecular weight is 392 g/mol. The van der Waals surface area contributed by atoms with Crippen LogP contribution in [0.4, 0.5) is 4.79 Å². The lowest BCUT2D eigenvalue weighted by Crippen LogP contribution is -2.28. The third-order valence-corrected chi connectivity index (χ3v) is 6.36. The van der Waals surface area contributed by atoms with Gasteiger partial charge in [-0.3, -0.25) is 14.5 Å². The van der Waals surface area contributed by atoms with Gasteiger partial charge in [-0.05, 0) is 54.2 Å². The number of benzene rings is 1. The van der Waals surface area contributed by atoms with Crippen molar-refractivity contribution in [3.05, 3.63) is 51.2 Å². The second-order valence-corrected chi connectivity index (χ2v) is 8.60. The summed E-state index contributed by atoms with van der Waals surface area (Å²) in [5, 5.41) is 0.380. The molecule has 0 unspecified atom stereocenters. The number of carbonyl (C=O) groups excluding carboxylic acids is 2. The first-order valence-corrected chi connectivity index (χ1v) is 9.61. The van der Waals surface area contributed by atoms with Gasteiger partial charge in [0.2, 0.25) is 0 Å². The van der Waals surface area contributed by atoms with Crippen molar-refractivity contribution in [2.45, 2.75) is 9.10 Å². The van der Waals surface area contributed by atoms with Crippen LogP contribution in [0.1, 0.15) is 4.88 Å². The second kappa shape index (κ2) is 7.49. The summed E-state index contributed by atoms with van der Waals surface area (Å²) in [7, 11) is 0. The molecule has 2 heterocycles. The molecule has 0 aliphatic carbocycles. The zero-order chi connectivity index (χ0) is 17.1. The maximum Gasteiger partial charge on any atom is 0.294 e. The van der Waals surface area contributed by atoms with Crippen LogP contribution in [-0.4, -0.2) is 22.6 Å². The second-order valence-electron chi connectivity index (χ2n) is 4.68. The Hall–Kier alpha value is -1.65. The number of carbonyl (C=O) groups is 2. The molecular formula is C17H10ClNO2S3. The largest absolute Gasteiger partial charge is 0.294 e. The summed E-state index contributed by atoms with van der Waals surface area (Å²) >= 11 is 9.98. The number of terminal acetylenes is 1. The molecule has 24 heavy (non-hydrogen) atoms. The Morgan fingerprint density at radius 3 is 2.67 bits per heavy atom. The molecule has 1 aromatic heterocycles. The fourth-order valence-electron chi connectivity index (χ4n) is 1.94. The molecule has 3 nitrogen and oxygen atoms in total. The van der Waals surface area contributed by atoms with E-state index in [0.29, 0.717) is 9.93 Å². The average Bonchev–Trinajstić information content (AvgIpc) is 3.10. The Labute approximate surface area is 157 Å². The molecule has 0 N–H and O–H groups in total. The molecule has 0 spiro atoms. The fourth-order valence-corrected chi connectivity index (χ4v) is 5.04. The predicted molar refractivity (Wildman–Crippen MR) is 101 cm³/mol. The molecule has 1 aliphatic heterocycles. The number of rotatable bonds is 4. The number of halogens is 1. The van der Waals surface area contributed by atoms with Gasteiger partial charge in [0.25, 0.3) is 11.1 Å². The molecule has 2 aromatic rings. The van der Waals surface area contributed by atoms with Crippen molar-refractivity contribution in [2.75, 3.05) is 6.54 Å².